The number of rotatable bonds is 9. The summed E-state index contributed by atoms with van der Waals surface area (Å²) < 4.78 is 13.1. The number of carbonyl (C=O) groups excluding carboxylic acids is 2. The lowest BCUT2D eigenvalue weighted by Crippen LogP contribution is -2.43. The second-order valence-electron chi connectivity index (χ2n) is 11.4. The number of imidazole rings is 1. The molecule has 0 saturated heterocycles. The van der Waals surface area contributed by atoms with E-state index in [1.807, 2.05) is 69.3 Å². The number of aromatic amines is 1. The van der Waals surface area contributed by atoms with E-state index in [1.54, 1.807) is 4.57 Å². The average Bonchev–Trinajstić information content (AvgIpc) is 3.66. The number of H-pyrrole nitrogens is 1. The molecule has 44 heavy (non-hydrogen) atoms. The SMILES string of the molecule is COC(=O)Cn1c(=O)c2c(nc(CC(C)(C)C)n2Cc2ccc(-c3ccccc3-c3nn[nH]n3)cc2)n(CC(=O)OC)c1=O. The number of benzene rings is 2. The highest BCUT2D eigenvalue weighted by molar-refractivity contribution is 5.80. The number of tetrazole rings is 1. The van der Waals surface area contributed by atoms with Crippen LogP contribution < -0.4 is 11.2 Å². The van der Waals surface area contributed by atoms with Crippen molar-refractivity contribution in [3.8, 4) is 22.5 Å². The van der Waals surface area contributed by atoms with Gasteiger partial charge in [0.2, 0.25) is 5.82 Å². The summed E-state index contributed by atoms with van der Waals surface area (Å²) in [5, 5.41) is 14.4. The molecule has 0 radical (unpaired) electrons. The van der Waals surface area contributed by atoms with Crippen LogP contribution in [0.15, 0.2) is 58.1 Å². The molecule has 5 aromatic rings. The monoisotopic (exact) mass is 600 g/mol. The fourth-order valence-corrected chi connectivity index (χ4v) is 4.96. The van der Waals surface area contributed by atoms with Gasteiger partial charge in [0.1, 0.15) is 18.9 Å². The Morgan fingerprint density at radius 3 is 2.09 bits per heavy atom. The average molecular weight is 601 g/mol. The Morgan fingerprint density at radius 1 is 0.864 bits per heavy atom. The van der Waals surface area contributed by atoms with E-state index in [-0.39, 0.29) is 23.1 Å². The predicted molar refractivity (Wildman–Crippen MR) is 160 cm³/mol. The van der Waals surface area contributed by atoms with Crippen molar-refractivity contribution in [2.75, 3.05) is 14.2 Å². The normalized spacial score (nSPS) is 11.6. The van der Waals surface area contributed by atoms with E-state index < -0.39 is 36.3 Å². The first-order valence-electron chi connectivity index (χ1n) is 13.8. The van der Waals surface area contributed by atoms with Crippen LogP contribution in [0.1, 0.15) is 32.2 Å². The van der Waals surface area contributed by atoms with Gasteiger partial charge in [0, 0.05) is 18.5 Å². The fourth-order valence-electron chi connectivity index (χ4n) is 4.96. The Morgan fingerprint density at radius 2 is 1.50 bits per heavy atom. The van der Waals surface area contributed by atoms with Gasteiger partial charge >= 0.3 is 17.6 Å². The summed E-state index contributed by atoms with van der Waals surface area (Å²) in [6.07, 6.45) is 0.459. The van der Waals surface area contributed by atoms with E-state index in [4.69, 9.17) is 14.5 Å². The number of carbonyl (C=O) groups is 2. The predicted octanol–water partition coefficient (Wildman–Crippen LogP) is 2.19. The van der Waals surface area contributed by atoms with Crippen molar-refractivity contribution >= 4 is 23.1 Å². The maximum absolute atomic E-state index is 13.8. The van der Waals surface area contributed by atoms with Crippen LogP contribution in [-0.4, -0.2) is 65.5 Å². The van der Waals surface area contributed by atoms with Gasteiger partial charge in [-0.2, -0.15) is 5.21 Å². The highest BCUT2D eigenvalue weighted by atomic mass is 16.5. The molecule has 0 aliphatic carbocycles. The van der Waals surface area contributed by atoms with Gasteiger partial charge in [-0.15, -0.1) is 10.2 Å². The van der Waals surface area contributed by atoms with Crippen LogP contribution >= 0.6 is 0 Å². The van der Waals surface area contributed by atoms with Crippen molar-refractivity contribution in [2.45, 2.75) is 46.8 Å². The summed E-state index contributed by atoms with van der Waals surface area (Å²) in [6, 6.07) is 15.5. The van der Waals surface area contributed by atoms with Gasteiger partial charge < -0.3 is 14.0 Å². The molecule has 14 nitrogen and oxygen atoms in total. The third-order valence-electron chi connectivity index (χ3n) is 7.03. The quantitative estimate of drug-likeness (QED) is 0.248. The number of hydrogen-bond acceptors (Lipinski definition) is 10. The van der Waals surface area contributed by atoms with E-state index in [0.717, 1.165) is 38.5 Å². The van der Waals surface area contributed by atoms with Crippen LogP contribution in [0.2, 0.25) is 0 Å². The number of fused-ring (bicyclic) bond motifs is 1. The molecular formula is C30H32N8O6. The summed E-state index contributed by atoms with van der Waals surface area (Å²) in [5.41, 5.74) is 1.82. The molecule has 3 heterocycles. The number of nitrogens with one attached hydrogen (secondary N) is 1. The van der Waals surface area contributed by atoms with Gasteiger partial charge in [-0.25, -0.2) is 14.3 Å². The zero-order valence-electron chi connectivity index (χ0n) is 25.0. The van der Waals surface area contributed by atoms with E-state index in [1.165, 1.54) is 7.11 Å². The zero-order valence-corrected chi connectivity index (χ0v) is 25.0. The molecule has 0 atom stereocenters. The maximum atomic E-state index is 13.8. The molecule has 0 fully saturated rings. The molecule has 0 unspecified atom stereocenters. The van der Waals surface area contributed by atoms with E-state index >= 15 is 0 Å². The number of hydrogen-bond donors (Lipinski definition) is 1. The summed E-state index contributed by atoms with van der Waals surface area (Å²) in [4.78, 5) is 56.4. The molecule has 228 valence electrons. The Kier molecular flexibility index (Phi) is 8.25. The zero-order chi connectivity index (χ0) is 31.6. The lowest BCUT2D eigenvalue weighted by atomic mass is 9.92. The first-order chi connectivity index (χ1) is 21.0. The van der Waals surface area contributed by atoms with Gasteiger partial charge in [-0.05, 0) is 27.3 Å². The third-order valence-corrected chi connectivity index (χ3v) is 7.03. The number of ether oxygens (including phenoxy) is 2. The van der Waals surface area contributed by atoms with Crippen LogP contribution in [0.4, 0.5) is 0 Å². The van der Waals surface area contributed by atoms with Gasteiger partial charge in [-0.1, -0.05) is 69.3 Å². The molecule has 0 amide bonds. The van der Waals surface area contributed by atoms with Gasteiger partial charge in [0.15, 0.2) is 11.2 Å². The molecule has 0 spiro atoms. The largest absolute Gasteiger partial charge is 0.468 e. The summed E-state index contributed by atoms with van der Waals surface area (Å²) in [5.74, 6) is -0.473. The summed E-state index contributed by atoms with van der Waals surface area (Å²) in [7, 11) is 2.36. The molecular weight excluding hydrogens is 568 g/mol. The van der Waals surface area contributed by atoms with E-state index in [2.05, 4.69) is 20.6 Å². The highest BCUT2D eigenvalue weighted by Crippen LogP contribution is 2.30. The molecule has 0 bridgehead atoms. The molecule has 3 aromatic heterocycles. The maximum Gasteiger partial charge on any atom is 0.333 e. The smallest absolute Gasteiger partial charge is 0.333 e. The number of aromatic nitrogens is 8. The van der Waals surface area contributed by atoms with Crippen molar-refractivity contribution in [3.63, 3.8) is 0 Å². The first-order valence-corrected chi connectivity index (χ1v) is 13.8. The molecule has 0 aliphatic rings. The molecule has 0 saturated carbocycles. The number of esters is 2. The minimum atomic E-state index is -0.866. The number of methoxy groups -OCH3 is 2. The lowest BCUT2D eigenvalue weighted by molar-refractivity contribution is -0.141. The van der Waals surface area contributed by atoms with Gasteiger partial charge in [0.05, 0.1) is 14.2 Å². The Labute approximate surface area is 251 Å². The van der Waals surface area contributed by atoms with Crippen LogP contribution in [-0.2, 0) is 45.1 Å². The van der Waals surface area contributed by atoms with Crippen molar-refractivity contribution in [3.05, 3.63) is 80.8 Å². The van der Waals surface area contributed by atoms with Crippen LogP contribution in [0.3, 0.4) is 0 Å². The Balaban J connectivity index is 1.65. The Bertz CT molecular complexity index is 1950. The fraction of sp³-hybridized carbons (Fsp3) is 0.333. The molecule has 14 heteroatoms. The minimum Gasteiger partial charge on any atom is -0.468 e. The van der Waals surface area contributed by atoms with Crippen LogP contribution in [0, 0.1) is 5.41 Å². The topological polar surface area (TPSA) is 169 Å². The van der Waals surface area contributed by atoms with Crippen molar-refractivity contribution in [1.82, 2.24) is 39.3 Å². The lowest BCUT2D eigenvalue weighted by Gasteiger charge is -2.19. The van der Waals surface area contributed by atoms with E-state index in [9.17, 15) is 19.2 Å². The highest BCUT2D eigenvalue weighted by Gasteiger charge is 2.26. The Hall–Kier alpha value is -5.40. The molecule has 0 aliphatic heterocycles. The molecule has 2 aromatic carbocycles. The minimum absolute atomic E-state index is 0.0384. The second-order valence-corrected chi connectivity index (χ2v) is 11.4. The summed E-state index contributed by atoms with van der Waals surface area (Å²) >= 11 is 0. The molecule has 5 rings (SSSR count). The van der Waals surface area contributed by atoms with Crippen LogP contribution in [0.5, 0.6) is 0 Å². The van der Waals surface area contributed by atoms with Crippen LogP contribution in [0.25, 0.3) is 33.7 Å². The summed E-state index contributed by atoms with van der Waals surface area (Å²) in [6.45, 7) is 5.21. The van der Waals surface area contributed by atoms with Crippen molar-refractivity contribution < 1.29 is 19.1 Å². The third kappa shape index (κ3) is 6.04. The number of nitrogens with zero attached hydrogens (tertiary/aromatic N) is 7. The standard InChI is InChI=1S/C30H32N8O6/c1-30(2,3)14-22-31-27-25(28(41)38(17-24(40)44-5)29(42)37(27)16-23(39)43-4)36(22)15-18-10-12-19(13-11-18)20-8-6-7-9-21(20)26-32-34-35-33-26/h6-13H,14-17H2,1-5H3,(H,32,33,34,35). The second kappa shape index (κ2) is 12.1. The molecule has 1 N–H and O–H groups in total. The van der Waals surface area contributed by atoms with Crippen molar-refractivity contribution in [1.29, 1.82) is 0 Å². The van der Waals surface area contributed by atoms with Gasteiger partial charge in [0.25, 0.3) is 5.56 Å². The first kappa shape index (κ1) is 30.1. The van der Waals surface area contributed by atoms with E-state index in [0.29, 0.717) is 18.1 Å². The van der Waals surface area contributed by atoms with Gasteiger partial charge in [-0.3, -0.25) is 19.0 Å². The van der Waals surface area contributed by atoms with Crippen molar-refractivity contribution in [2.24, 2.45) is 5.41 Å².